The van der Waals surface area contributed by atoms with Crippen LogP contribution in [-0.2, 0) is 6.42 Å². The maximum absolute atomic E-state index is 12.3. The van der Waals surface area contributed by atoms with Gasteiger partial charge in [-0.1, -0.05) is 37.6 Å². The Morgan fingerprint density at radius 2 is 2.05 bits per heavy atom. The van der Waals surface area contributed by atoms with Gasteiger partial charge in [0, 0.05) is 10.9 Å². The number of rotatable bonds is 5. The summed E-state index contributed by atoms with van der Waals surface area (Å²) in [5, 5.41) is 2.58. The van der Waals surface area contributed by atoms with Crippen LogP contribution in [0.3, 0.4) is 0 Å². The van der Waals surface area contributed by atoms with Gasteiger partial charge in [-0.05, 0) is 18.9 Å². The van der Waals surface area contributed by atoms with E-state index in [1.54, 1.807) is 5.38 Å². The molecule has 1 atom stereocenters. The number of carbonyl (C=O) groups is 1. The number of thiazole rings is 1. The summed E-state index contributed by atoms with van der Waals surface area (Å²) in [5.74, 6) is -0.0359. The van der Waals surface area contributed by atoms with E-state index in [2.05, 4.69) is 11.9 Å². The van der Waals surface area contributed by atoms with Crippen molar-refractivity contribution in [2.24, 2.45) is 5.73 Å². The third-order valence-electron chi connectivity index (χ3n) is 2.90. The van der Waals surface area contributed by atoms with Crippen molar-refractivity contribution in [3.8, 4) is 0 Å². The van der Waals surface area contributed by atoms with Crippen LogP contribution >= 0.6 is 11.3 Å². The van der Waals surface area contributed by atoms with Crippen LogP contribution in [0.2, 0.25) is 0 Å². The van der Waals surface area contributed by atoms with E-state index >= 15 is 0 Å². The van der Waals surface area contributed by atoms with Crippen molar-refractivity contribution in [1.82, 2.24) is 4.98 Å². The molecule has 1 aromatic heterocycles. The molecule has 0 aliphatic heterocycles. The molecule has 0 aliphatic rings. The molecule has 0 spiro atoms. The first-order valence-corrected chi connectivity index (χ1v) is 7.34. The second-order valence-electron chi connectivity index (χ2n) is 4.64. The number of hydrogen-bond donors (Lipinski definition) is 1. The lowest BCUT2D eigenvalue weighted by Crippen LogP contribution is -2.06. The molecule has 1 unspecified atom stereocenters. The molecule has 0 saturated heterocycles. The first kappa shape index (κ1) is 13.9. The van der Waals surface area contributed by atoms with Gasteiger partial charge < -0.3 is 5.73 Å². The van der Waals surface area contributed by atoms with Crippen LogP contribution in [0.1, 0.15) is 52.9 Å². The third kappa shape index (κ3) is 3.28. The highest BCUT2D eigenvalue weighted by Gasteiger charge is 2.14. The minimum absolute atomic E-state index is 0.0359. The Morgan fingerprint density at radius 3 is 2.58 bits per heavy atom. The lowest BCUT2D eigenvalue weighted by Gasteiger charge is -2.01. The normalized spacial score (nSPS) is 12.4. The fourth-order valence-electron chi connectivity index (χ4n) is 1.86. The number of aryl methyl sites for hydroxylation is 1. The van der Waals surface area contributed by atoms with Crippen LogP contribution in [0.4, 0.5) is 0 Å². The lowest BCUT2D eigenvalue weighted by atomic mass is 10.0. The summed E-state index contributed by atoms with van der Waals surface area (Å²) in [4.78, 5) is 16.5. The predicted molar refractivity (Wildman–Crippen MR) is 78.6 cm³/mol. The van der Waals surface area contributed by atoms with Gasteiger partial charge in [-0.15, -0.1) is 11.3 Å². The fraction of sp³-hybridized carbons (Fsp3) is 0.333. The highest BCUT2D eigenvalue weighted by molar-refractivity contribution is 7.09. The maximum Gasteiger partial charge on any atom is 0.212 e. The van der Waals surface area contributed by atoms with Crippen molar-refractivity contribution in [3.63, 3.8) is 0 Å². The number of hydrogen-bond acceptors (Lipinski definition) is 4. The molecule has 2 aromatic rings. The smallest absolute Gasteiger partial charge is 0.212 e. The third-order valence-corrected chi connectivity index (χ3v) is 3.94. The van der Waals surface area contributed by atoms with Gasteiger partial charge >= 0.3 is 0 Å². The molecule has 0 saturated carbocycles. The Hall–Kier alpha value is -1.52. The van der Waals surface area contributed by atoms with Gasteiger partial charge in [0.2, 0.25) is 5.78 Å². The molecule has 1 aromatic carbocycles. The predicted octanol–water partition coefficient (Wildman–Crippen LogP) is 3.35. The van der Waals surface area contributed by atoms with Gasteiger partial charge in [0.15, 0.2) is 0 Å². The van der Waals surface area contributed by atoms with E-state index in [0.717, 1.165) is 17.8 Å². The number of benzene rings is 1. The van der Waals surface area contributed by atoms with Crippen LogP contribution < -0.4 is 5.73 Å². The van der Waals surface area contributed by atoms with Crippen LogP contribution in [0.15, 0.2) is 29.6 Å². The second-order valence-corrected chi connectivity index (χ2v) is 5.53. The largest absolute Gasteiger partial charge is 0.322 e. The average molecular weight is 274 g/mol. The van der Waals surface area contributed by atoms with E-state index in [0.29, 0.717) is 11.3 Å². The van der Waals surface area contributed by atoms with Crippen molar-refractivity contribution in [2.45, 2.75) is 32.7 Å². The summed E-state index contributed by atoms with van der Waals surface area (Å²) in [7, 11) is 0. The van der Waals surface area contributed by atoms with E-state index in [4.69, 9.17) is 5.73 Å². The zero-order valence-electron chi connectivity index (χ0n) is 11.2. The monoisotopic (exact) mass is 274 g/mol. The molecule has 2 N–H and O–H groups in total. The zero-order chi connectivity index (χ0) is 13.8. The first-order valence-electron chi connectivity index (χ1n) is 6.46. The molecule has 3 nitrogen and oxygen atoms in total. The highest BCUT2D eigenvalue weighted by Crippen LogP contribution is 2.18. The fourth-order valence-corrected chi connectivity index (χ4v) is 2.62. The molecular weight excluding hydrogens is 256 g/mol. The summed E-state index contributed by atoms with van der Waals surface area (Å²) in [6.45, 7) is 4.01. The topological polar surface area (TPSA) is 56.0 Å². The van der Waals surface area contributed by atoms with Crippen LogP contribution in [0.5, 0.6) is 0 Å². The molecule has 0 amide bonds. The van der Waals surface area contributed by atoms with Gasteiger partial charge in [-0.3, -0.25) is 4.79 Å². The SMILES string of the molecule is CCCc1ccc(C(=O)c2csc(C(C)N)n2)cc1. The Kier molecular flexibility index (Phi) is 4.45. The van der Waals surface area contributed by atoms with E-state index in [-0.39, 0.29) is 11.8 Å². The number of nitrogens with zero attached hydrogens (tertiary/aromatic N) is 1. The summed E-state index contributed by atoms with van der Waals surface area (Å²) in [6, 6.07) is 7.64. The molecule has 100 valence electrons. The second kappa shape index (κ2) is 6.08. The van der Waals surface area contributed by atoms with Gasteiger partial charge in [0.25, 0.3) is 0 Å². The maximum atomic E-state index is 12.3. The molecule has 4 heteroatoms. The lowest BCUT2D eigenvalue weighted by molar-refractivity contribution is 0.103. The minimum atomic E-state index is -0.126. The first-order chi connectivity index (χ1) is 9.11. The molecule has 0 fully saturated rings. The standard InChI is InChI=1S/C15H18N2OS/c1-3-4-11-5-7-12(8-6-11)14(18)13-9-19-15(17-13)10(2)16/h5-10H,3-4,16H2,1-2H3. The van der Waals surface area contributed by atoms with Gasteiger partial charge in [-0.2, -0.15) is 0 Å². The number of carbonyl (C=O) groups excluding carboxylic acids is 1. The molecule has 0 bridgehead atoms. The molecule has 0 aliphatic carbocycles. The van der Waals surface area contributed by atoms with Crippen LogP contribution in [0, 0.1) is 0 Å². The molecule has 0 radical (unpaired) electrons. The summed E-state index contributed by atoms with van der Waals surface area (Å²) >= 11 is 1.43. The minimum Gasteiger partial charge on any atom is -0.322 e. The number of aromatic nitrogens is 1. The quantitative estimate of drug-likeness (QED) is 0.851. The van der Waals surface area contributed by atoms with E-state index in [1.807, 2.05) is 31.2 Å². The molecule has 19 heavy (non-hydrogen) atoms. The van der Waals surface area contributed by atoms with Gasteiger partial charge in [0.05, 0.1) is 6.04 Å². The average Bonchev–Trinajstić information content (AvgIpc) is 2.89. The van der Waals surface area contributed by atoms with Gasteiger partial charge in [0.1, 0.15) is 10.7 Å². The van der Waals surface area contributed by atoms with Crippen molar-refractivity contribution < 1.29 is 4.79 Å². The molecular formula is C15H18N2OS. The van der Waals surface area contributed by atoms with Crippen molar-refractivity contribution in [1.29, 1.82) is 0 Å². The van der Waals surface area contributed by atoms with Crippen molar-refractivity contribution >= 4 is 17.1 Å². The van der Waals surface area contributed by atoms with E-state index in [9.17, 15) is 4.79 Å². The number of nitrogens with two attached hydrogens (primary N) is 1. The van der Waals surface area contributed by atoms with E-state index in [1.165, 1.54) is 16.9 Å². The summed E-state index contributed by atoms with van der Waals surface area (Å²) in [5.41, 5.74) is 8.18. The van der Waals surface area contributed by atoms with Gasteiger partial charge in [-0.25, -0.2) is 4.98 Å². The highest BCUT2D eigenvalue weighted by atomic mass is 32.1. The number of ketones is 1. The zero-order valence-corrected chi connectivity index (χ0v) is 12.0. The van der Waals surface area contributed by atoms with Crippen LogP contribution in [-0.4, -0.2) is 10.8 Å². The Bertz CT molecular complexity index is 558. The Morgan fingerprint density at radius 1 is 1.37 bits per heavy atom. The Labute approximate surface area is 117 Å². The van der Waals surface area contributed by atoms with E-state index < -0.39 is 0 Å². The molecule has 2 rings (SSSR count). The van der Waals surface area contributed by atoms with Crippen molar-refractivity contribution in [3.05, 3.63) is 51.5 Å². The summed E-state index contributed by atoms with van der Waals surface area (Å²) < 4.78 is 0. The van der Waals surface area contributed by atoms with Crippen molar-refractivity contribution in [2.75, 3.05) is 0 Å². The Balaban J connectivity index is 2.18. The molecule has 1 heterocycles. The van der Waals surface area contributed by atoms with Crippen LogP contribution in [0.25, 0.3) is 0 Å². The summed E-state index contributed by atoms with van der Waals surface area (Å²) in [6.07, 6.45) is 2.15.